The normalized spacial score (nSPS) is 26.9. The maximum Gasteiger partial charge on any atom is 0.439 e. The Labute approximate surface area is 138 Å². The van der Waals surface area contributed by atoms with Crippen molar-refractivity contribution in [1.82, 2.24) is 5.01 Å². The number of aryl methyl sites for hydroxylation is 1. The Hall–Kier alpha value is -1.89. The van der Waals surface area contributed by atoms with E-state index < -0.39 is 23.7 Å². The van der Waals surface area contributed by atoms with E-state index in [-0.39, 0.29) is 18.6 Å². The minimum atomic E-state index is -4.94. The molecule has 7 heteroatoms. The van der Waals surface area contributed by atoms with Gasteiger partial charge in [-0.25, -0.2) is 0 Å². The second-order valence-electron chi connectivity index (χ2n) is 6.30. The van der Waals surface area contributed by atoms with Gasteiger partial charge in [0.15, 0.2) is 0 Å². The molecular weight excluding hydrogens is 321 g/mol. The number of benzene rings is 1. The fourth-order valence-corrected chi connectivity index (χ4v) is 3.47. The van der Waals surface area contributed by atoms with Crippen LogP contribution in [-0.2, 0) is 11.2 Å². The van der Waals surface area contributed by atoms with Gasteiger partial charge in [-0.1, -0.05) is 36.8 Å². The zero-order valence-corrected chi connectivity index (χ0v) is 13.1. The number of carbonyl (C=O) groups is 1. The molecule has 1 aromatic rings. The van der Waals surface area contributed by atoms with Crippen molar-refractivity contribution in [3.05, 3.63) is 35.9 Å². The van der Waals surface area contributed by atoms with E-state index in [1.54, 1.807) is 24.3 Å². The first kappa shape index (κ1) is 17.0. The highest BCUT2D eigenvalue weighted by Crippen LogP contribution is 2.48. The maximum absolute atomic E-state index is 13.6. The van der Waals surface area contributed by atoms with Crippen molar-refractivity contribution in [2.75, 3.05) is 0 Å². The van der Waals surface area contributed by atoms with Gasteiger partial charge in [-0.2, -0.15) is 23.3 Å². The van der Waals surface area contributed by atoms with Crippen LogP contribution in [0.5, 0.6) is 0 Å². The Kier molecular flexibility index (Phi) is 4.38. The van der Waals surface area contributed by atoms with Crippen LogP contribution < -0.4 is 0 Å². The van der Waals surface area contributed by atoms with Crippen molar-refractivity contribution in [2.24, 2.45) is 11.0 Å². The van der Waals surface area contributed by atoms with Crippen LogP contribution in [0.1, 0.15) is 37.7 Å². The summed E-state index contributed by atoms with van der Waals surface area (Å²) in [5, 5.41) is 14.6. The van der Waals surface area contributed by atoms with E-state index in [1.807, 2.05) is 6.07 Å². The summed E-state index contributed by atoms with van der Waals surface area (Å²) in [5.74, 6) is -1.95. The summed E-state index contributed by atoms with van der Waals surface area (Å²) in [6.07, 6.45) is -2.86. The standard InChI is InChI=1S/C17H19F3N2O2/c18-17(19,20)16(24)13-8-4-5-9-14(13)21-22(16)15(23)11-10-12-6-2-1-3-7-12/h1-3,6-7,13,24H,4-5,8-11H2. The molecule has 1 N–H and O–H groups in total. The van der Waals surface area contributed by atoms with Crippen LogP contribution >= 0.6 is 0 Å². The summed E-state index contributed by atoms with van der Waals surface area (Å²) in [6, 6.07) is 9.04. The molecule has 1 aliphatic heterocycles. The Morgan fingerprint density at radius 2 is 2.00 bits per heavy atom. The maximum atomic E-state index is 13.6. The van der Waals surface area contributed by atoms with Crippen LogP contribution in [0.3, 0.4) is 0 Å². The molecule has 3 rings (SSSR count). The van der Waals surface area contributed by atoms with Gasteiger partial charge >= 0.3 is 6.18 Å². The molecule has 1 aromatic carbocycles. The molecule has 0 bridgehead atoms. The molecular formula is C17H19F3N2O2. The molecule has 24 heavy (non-hydrogen) atoms. The van der Waals surface area contributed by atoms with Crippen LogP contribution in [0.15, 0.2) is 35.4 Å². The van der Waals surface area contributed by atoms with Gasteiger partial charge in [-0.15, -0.1) is 0 Å². The van der Waals surface area contributed by atoms with Crippen molar-refractivity contribution in [3.8, 4) is 0 Å². The number of alkyl halides is 3. The lowest BCUT2D eigenvalue weighted by molar-refractivity contribution is -0.317. The summed E-state index contributed by atoms with van der Waals surface area (Å²) < 4.78 is 40.7. The van der Waals surface area contributed by atoms with Crippen LogP contribution in [0, 0.1) is 5.92 Å². The van der Waals surface area contributed by atoms with Crippen LogP contribution in [-0.4, -0.2) is 33.6 Å². The molecule has 2 atom stereocenters. The van der Waals surface area contributed by atoms with Gasteiger partial charge in [0.2, 0.25) is 5.91 Å². The van der Waals surface area contributed by atoms with E-state index in [1.165, 1.54) is 0 Å². The van der Waals surface area contributed by atoms with Crippen molar-refractivity contribution >= 4 is 11.6 Å². The number of fused-ring (bicyclic) bond motifs is 1. The minimum absolute atomic E-state index is 0.133. The molecule has 130 valence electrons. The first-order chi connectivity index (χ1) is 11.3. The highest BCUT2D eigenvalue weighted by atomic mass is 19.4. The summed E-state index contributed by atoms with van der Waals surface area (Å²) in [7, 11) is 0. The van der Waals surface area contributed by atoms with E-state index in [2.05, 4.69) is 5.10 Å². The average molecular weight is 340 g/mol. The SMILES string of the molecule is O=C(CCc1ccccc1)N1N=C2CCCCC2C1(O)C(F)(F)F. The summed E-state index contributed by atoms with van der Waals surface area (Å²) >= 11 is 0. The summed E-state index contributed by atoms with van der Waals surface area (Å²) in [6.45, 7) is 0. The van der Waals surface area contributed by atoms with Gasteiger partial charge in [0, 0.05) is 12.1 Å². The quantitative estimate of drug-likeness (QED) is 0.918. The Balaban J connectivity index is 1.81. The summed E-state index contributed by atoms with van der Waals surface area (Å²) in [4.78, 5) is 12.4. The Morgan fingerprint density at radius 3 is 2.67 bits per heavy atom. The number of rotatable bonds is 3. The number of nitrogens with zero attached hydrogens (tertiary/aromatic N) is 2. The van der Waals surface area contributed by atoms with Gasteiger partial charge < -0.3 is 5.11 Å². The fraction of sp³-hybridized carbons (Fsp3) is 0.529. The molecule has 1 fully saturated rings. The number of amides is 1. The molecule has 0 radical (unpaired) electrons. The third-order valence-electron chi connectivity index (χ3n) is 4.74. The highest BCUT2D eigenvalue weighted by Gasteiger charge is 2.68. The first-order valence-corrected chi connectivity index (χ1v) is 8.07. The molecule has 1 heterocycles. The first-order valence-electron chi connectivity index (χ1n) is 8.07. The third-order valence-corrected chi connectivity index (χ3v) is 4.74. The molecule has 1 amide bonds. The average Bonchev–Trinajstić information content (AvgIpc) is 2.88. The predicted molar refractivity (Wildman–Crippen MR) is 82.0 cm³/mol. The van der Waals surface area contributed by atoms with Gasteiger partial charge in [0.05, 0.1) is 5.92 Å². The number of halogens is 3. The van der Waals surface area contributed by atoms with E-state index in [4.69, 9.17) is 0 Å². The highest BCUT2D eigenvalue weighted by molar-refractivity contribution is 5.93. The van der Waals surface area contributed by atoms with Crippen molar-refractivity contribution in [1.29, 1.82) is 0 Å². The molecule has 1 aliphatic carbocycles. The largest absolute Gasteiger partial charge is 0.439 e. The van der Waals surface area contributed by atoms with Gasteiger partial charge in [0.1, 0.15) is 0 Å². The van der Waals surface area contributed by atoms with Crippen molar-refractivity contribution < 1.29 is 23.1 Å². The van der Waals surface area contributed by atoms with Crippen LogP contribution in [0.2, 0.25) is 0 Å². The molecule has 2 unspecified atom stereocenters. The van der Waals surface area contributed by atoms with Gasteiger partial charge in [-0.3, -0.25) is 4.79 Å². The van der Waals surface area contributed by atoms with E-state index in [0.29, 0.717) is 24.3 Å². The van der Waals surface area contributed by atoms with Crippen LogP contribution in [0.4, 0.5) is 13.2 Å². The number of hydrazone groups is 1. The monoisotopic (exact) mass is 340 g/mol. The topological polar surface area (TPSA) is 52.9 Å². The fourth-order valence-electron chi connectivity index (χ4n) is 3.47. The smallest absolute Gasteiger partial charge is 0.362 e. The Bertz CT molecular complexity index is 645. The predicted octanol–water partition coefficient (Wildman–Crippen LogP) is 3.26. The van der Waals surface area contributed by atoms with E-state index in [9.17, 15) is 23.1 Å². The number of aliphatic hydroxyl groups is 1. The lowest BCUT2D eigenvalue weighted by Crippen LogP contribution is -2.61. The molecule has 2 aliphatic rings. The molecule has 0 spiro atoms. The molecule has 0 aromatic heterocycles. The third kappa shape index (κ3) is 2.81. The number of carbonyl (C=O) groups excluding carboxylic acids is 1. The molecule has 0 saturated heterocycles. The zero-order valence-electron chi connectivity index (χ0n) is 13.1. The number of hydrogen-bond donors (Lipinski definition) is 1. The molecule has 1 saturated carbocycles. The van der Waals surface area contributed by atoms with Crippen LogP contribution in [0.25, 0.3) is 0 Å². The summed E-state index contributed by atoms with van der Waals surface area (Å²) in [5.41, 5.74) is -2.07. The Morgan fingerprint density at radius 1 is 1.29 bits per heavy atom. The van der Waals surface area contributed by atoms with Crippen molar-refractivity contribution in [2.45, 2.75) is 50.4 Å². The lowest BCUT2D eigenvalue weighted by Gasteiger charge is -2.38. The second-order valence-corrected chi connectivity index (χ2v) is 6.30. The molecule has 4 nitrogen and oxygen atoms in total. The van der Waals surface area contributed by atoms with E-state index in [0.717, 1.165) is 12.0 Å². The minimum Gasteiger partial charge on any atom is -0.362 e. The van der Waals surface area contributed by atoms with Crippen molar-refractivity contribution in [3.63, 3.8) is 0 Å². The second kappa shape index (κ2) is 6.20. The van der Waals surface area contributed by atoms with E-state index >= 15 is 0 Å². The van der Waals surface area contributed by atoms with Gasteiger partial charge in [-0.05, 0) is 31.2 Å². The number of hydrogen-bond acceptors (Lipinski definition) is 3. The zero-order chi connectivity index (χ0) is 17.4. The van der Waals surface area contributed by atoms with Gasteiger partial charge in [0.25, 0.3) is 5.72 Å². The lowest BCUT2D eigenvalue weighted by atomic mass is 9.80.